The lowest BCUT2D eigenvalue weighted by Crippen LogP contribution is -2.33. The lowest BCUT2D eigenvalue weighted by molar-refractivity contribution is -0.116. The predicted molar refractivity (Wildman–Crippen MR) is 115 cm³/mol. The number of carbonyl (C=O) groups excluding carboxylic acids is 1. The van der Waals surface area contributed by atoms with Crippen molar-refractivity contribution in [2.24, 2.45) is 7.05 Å². The zero-order chi connectivity index (χ0) is 21.3. The van der Waals surface area contributed by atoms with Crippen LogP contribution in [0.2, 0.25) is 0 Å². The van der Waals surface area contributed by atoms with Gasteiger partial charge in [-0.1, -0.05) is 48.2 Å². The SMILES string of the molecule is COc1ccc([C@H]2CC(=O)Nc3c2c(=O)nc(SCc2ccccc2)n3C)cc1O. The molecule has 3 aromatic rings. The summed E-state index contributed by atoms with van der Waals surface area (Å²) in [7, 11) is 3.25. The molecule has 0 fully saturated rings. The number of rotatable bonds is 5. The Morgan fingerprint density at radius 2 is 2.00 bits per heavy atom. The van der Waals surface area contributed by atoms with Crippen LogP contribution in [0.3, 0.4) is 0 Å². The third-order valence-corrected chi connectivity index (χ3v) is 6.22. The number of carbonyl (C=O) groups is 1. The molecule has 1 atom stereocenters. The fourth-order valence-corrected chi connectivity index (χ4v) is 4.52. The highest BCUT2D eigenvalue weighted by atomic mass is 32.2. The number of hydrogen-bond acceptors (Lipinski definition) is 6. The molecule has 1 aromatic heterocycles. The summed E-state index contributed by atoms with van der Waals surface area (Å²) >= 11 is 1.44. The van der Waals surface area contributed by atoms with Crippen LogP contribution in [0.5, 0.6) is 11.5 Å². The fourth-order valence-electron chi connectivity index (χ4n) is 3.60. The smallest absolute Gasteiger partial charge is 0.279 e. The molecule has 0 saturated carbocycles. The van der Waals surface area contributed by atoms with Crippen molar-refractivity contribution in [3.63, 3.8) is 0 Å². The van der Waals surface area contributed by atoms with Crippen LogP contribution in [0.1, 0.15) is 29.0 Å². The molecular formula is C22H21N3O4S. The van der Waals surface area contributed by atoms with E-state index in [-0.39, 0.29) is 23.6 Å². The van der Waals surface area contributed by atoms with Gasteiger partial charge in [0.1, 0.15) is 5.82 Å². The molecule has 2 N–H and O–H groups in total. The van der Waals surface area contributed by atoms with Gasteiger partial charge in [-0.15, -0.1) is 0 Å². The molecule has 0 bridgehead atoms. The van der Waals surface area contributed by atoms with Crippen LogP contribution in [-0.2, 0) is 17.6 Å². The van der Waals surface area contributed by atoms with Crippen LogP contribution in [0.15, 0.2) is 58.5 Å². The summed E-state index contributed by atoms with van der Waals surface area (Å²) in [5.41, 5.74) is 1.82. The Balaban J connectivity index is 1.73. The number of amides is 1. The van der Waals surface area contributed by atoms with Crippen molar-refractivity contribution in [3.05, 3.63) is 75.6 Å². The number of thioether (sulfide) groups is 1. The number of phenols is 1. The molecule has 0 radical (unpaired) electrons. The third-order valence-electron chi connectivity index (χ3n) is 5.12. The molecule has 0 saturated heterocycles. The van der Waals surface area contributed by atoms with Crippen molar-refractivity contribution in [1.29, 1.82) is 0 Å². The molecule has 1 amide bonds. The zero-order valence-corrected chi connectivity index (χ0v) is 17.4. The Labute approximate surface area is 177 Å². The van der Waals surface area contributed by atoms with Crippen molar-refractivity contribution < 1.29 is 14.6 Å². The predicted octanol–water partition coefficient (Wildman–Crippen LogP) is 3.26. The van der Waals surface area contributed by atoms with Gasteiger partial charge in [0.05, 0.1) is 12.7 Å². The summed E-state index contributed by atoms with van der Waals surface area (Å²) in [5.74, 6) is 0.708. The van der Waals surface area contributed by atoms with E-state index in [2.05, 4.69) is 10.3 Å². The van der Waals surface area contributed by atoms with Crippen LogP contribution in [0.4, 0.5) is 5.82 Å². The molecule has 1 aliphatic rings. The van der Waals surface area contributed by atoms with E-state index in [1.165, 1.54) is 24.9 Å². The van der Waals surface area contributed by atoms with Crippen molar-refractivity contribution in [2.45, 2.75) is 23.2 Å². The minimum atomic E-state index is -0.495. The van der Waals surface area contributed by atoms with Gasteiger partial charge in [0.15, 0.2) is 16.7 Å². The van der Waals surface area contributed by atoms with Crippen molar-refractivity contribution in [2.75, 3.05) is 12.4 Å². The lowest BCUT2D eigenvalue weighted by atomic mass is 9.86. The summed E-state index contributed by atoms with van der Waals surface area (Å²) in [6, 6.07) is 14.8. The second kappa shape index (κ2) is 8.23. The molecule has 0 aliphatic carbocycles. The number of nitrogens with zero attached hydrogens (tertiary/aromatic N) is 2. The Bertz CT molecular complexity index is 1160. The minimum Gasteiger partial charge on any atom is -0.504 e. The van der Waals surface area contributed by atoms with E-state index in [1.54, 1.807) is 23.7 Å². The van der Waals surface area contributed by atoms with Crippen molar-refractivity contribution in [1.82, 2.24) is 9.55 Å². The summed E-state index contributed by atoms with van der Waals surface area (Å²) in [6.07, 6.45) is 0.103. The number of anilines is 1. The van der Waals surface area contributed by atoms with Gasteiger partial charge >= 0.3 is 0 Å². The molecule has 8 heteroatoms. The number of aromatic hydroxyl groups is 1. The van der Waals surface area contributed by atoms with Gasteiger partial charge in [-0.25, -0.2) is 0 Å². The summed E-state index contributed by atoms with van der Waals surface area (Å²) in [5, 5.41) is 13.5. The number of ether oxygens (including phenoxy) is 1. The second-order valence-electron chi connectivity index (χ2n) is 7.03. The van der Waals surface area contributed by atoms with Crippen LogP contribution >= 0.6 is 11.8 Å². The topological polar surface area (TPSA) is 93.5 Å². The molecule has 4 rings (SSSR count). The molecule has 1 aliphatic heterocycles. The Morgan fingerprint density at radius 1 is 1.23 bits per heavy atom. The lowest BCUT2D eigenvalue weighted by Gasteiger charge is -2.27. The van der Waals surface area contributed by atoms with E-state index in [4.69, 9.17) is 4.74 Å². The molecule has 154 valence electrons. The largest absolute Gasteiger partial charge is 0.504 e. The van der Waals surface area contributed by atoms with Gasteiger partial charge in [-0.05, 0) is 23.3 Å². The Kier molecular flexibility index (Phi) is 5.50. The number of nitrogens with one attached hydrogen (secondary N) is 1. The first-order valence-electron chi connectivity index (χ1n) is 9.42. The molecule has 2 heterocycles. The molecule has 0 unspecified atom stereocenters. The number of phenolic OH excluding ortho intramolecular Hbond substituents is 1. The van der Waals surface area contributed by atoms with Gasteiger partial charge in [-0.2, -0.15) is 4.98 Å². The van der Waals surface area contributed by atoms with E-state index in [1.807, 2.05) is 30.3 Å². The molecular weight excluding hydrogens is 402 g/mol. The standard InChI is InChI=1S/C22H21N3O4S/c1-25-20-19(21(28)24-22(25)30-12-13-6-4-3-5-7-13)15(11-18(27)23-20)14-8-9-17(29-2)16(26)10-14/h3-10,15,26H,11-12H2,1-2H3,(H,23,27)/t15-/m1/s1. The summed E-state index contributed by atoms with van der Waals surface area (Å²) < 4.78 is 6.84. The average Bonchev–Trinajstić information content (AvgIpc) is 2.75. The molecule has 0 spiro atoms. The summed E-state index contributed by atoms with van der Waals surface area (Å²) in [4.78, 5) is 29.7. The van der Waals surface area contributed by atoms with Crippen LogP contribution in [-0.4, -0.2) is 27.7 Å². The first-order chi connectivity index (χ1) is 14.5. The highest BCUT2D eigenvalue weighted by molar-refractivity contribution is 7.98. The van der Waals surface area contributed by atoms with Gasteiger partial charge < -0.3 is 19.7 Å². The van der Waals surface area contributed by atoms with E-state index >= 15 is 0 Å². The first-order valence-corrected chi connectivity index (χ1v) is 10.4. The van der Waals surface area contributed by atoms with E-state index < -0.39 is 5.92 Å². The minimum absolute atomic E-state index is 0.0395. The fraction of sp³-hybridized carbons (Fsp3) is 0.227. The highest BCUT2D eigenvalue weighted by Gasteiger charge is 2.32. The zero-order valence-electron chi connectivity index (χ0n) is 16.6. The normalized spacial score (nSPS) is 15.4. The van der Waals surface area contributed by atoms with Gasteiger partial charge in [0.2, 0.25) is 5.91 Å². The maximum absolute atomic E-state index is 13.0. The van der Waals surface area contributed by atoms with Crippen LogP contribution in [0, 0.1) is 0 Å². The highest BCUT2D eigenvalue weighted by Crippen LogP contribution is 2.38. The molecule has 2 aromatic carbocycles. The Hall–Kier alpha value is -3.26. The van der Waals surface area contributed by atoms with Crippen LogP contribution in [0.25, 0.3) is 0 Å². The van der Waals surface area contributed by atoms with Gasteiger partial charge in [0.25, 0.3) is 5.56 Å². The first kappa shape index (κ1) is 20.0. The third kappa shape index (κ3) is 3.78. The maximum Gasteiger partial charge on any atom is 0.279 e. The average molecular weight is 423 g/mol. The second-order valence-corrected chi connectivity index (χ2v) is 7.97. The molecule has 7 nitrogen and oxygen atoms in total. The summed E-state index contributed by atoms with van der Waals surface area (Å²) in [6.45, 7) is 0. The number of methoxy groups -OCH3 is 1. The number of aromatic nitrogens is 2. The van der Waals surface area contributed by atoms with E-state index in [0.29, 0.717) is 33.6 Å². The monoisotopic (exact) mass is 423 g/mol. The van der Waals surface area contributed by atoms with Crippen LogP contribution < -0.4 is 15.6 Å². The Morgan fingerprint density at radius 3 is 2.70 bits per heavy atom. The van der Waals surface area contributed by atoms with E-state index in [9.17, 15) is 14.7 Å². The number of benzene rings is 2. The quantitative estimate of drug-likeness (QED) is 0.483. The van der Waals surface area contributed by atoms with Crippen molar-refractivity contribution >= 4 is 23.5 Å². The van der Waals surface area contributed by atoms with Crippen molar-refractivity contribution in [3.8, 4) is 11.5 Å². The number of fused-ring (bicyclic) bond motifs is 1. The van der Waals surface area contributed by atoms with Gasteiger partial charge in [0, 0.05) is 25.1 Å². The van der Waals surface area contributed by atoms with Gasteiger partial charge in [-0.3, -0.25) is 9.59 Å². The maximum atomic E-state index is 13.0. The number of hydrogen-bond donors (Lipinski definition) is 2. The van der Waals surface area contributed by atoms with E-state index in [0.717, 1.165) is 5.56 Å². The molecule has 30 heavy (non-hydrogen) atoms.